The van der Waals surface area contributed by atoms with Gasteiger partial charge in [-0.3, -0.25) is 24.4 Å². The minimum atomic E-state index is -2.38. The highest BCUT2D eigenvalue weighted by Gasteiger charge is 2.30. The summed E-state index contributed by atoms with van der Waals surface area (Å²) in [6.07, 6.45) is 2.16. The van der Waals surface area contributed by atoms with Crippen molar-refractivity contribution in [2.75, 3.05) is 31.1 Å². The van der Waals surface area contributed by atoms with Crippen LogP contribution >= 0.6 is 0 Å². The van der Waals surface area contributed by atoms with E-state index in [2.05, 4.69) is 4.98 Å². The van der Waals surface area contributed by atoms with Crippen LogP contribution in [0.25, 0.3) is 22.2 Å². The Balaban J connectivity index is 1.43. The van der Waals surface area contributed by atoms with E-state index >= 15 is 0 Å². The molecule has 2 amide bonds. The molecular weight excluding hydrogens is 587 g/mol. The number of nitrogens with two attached hydrogens (primary N) is 1. The summed E-state index contributed by atoms with van der Waals surface area (Å²) in [6.45, 7) is 4.77. The van der Waals surface area contributed by atoms with E-state index in [0.717, 1.165) is 6.20 Å². The van der Waals surface area contributed by atoms with Gasteiger partial charge in [-0.15, -0.1) is 0 Å². The van der Waals surface area contributed by atoms with E-state index in [0.29, 0.717) is 82.9 Å². The number of pyridine rings is 2. The molecule has 4 aromatic rings. The lowest BCUT2D eigenvalue weighted by Crippen LogP contribution is -2.38. The molecule has 236 valence electrons. The smallest absolute Gasteiger partial charge is 0.265 e. The second-order valence-electron chi connectivity index (χ2n) is 11.9. The molecule has 13 heteroatoms. The predicted octanol–water partition coefficient (Wildman–Crippen LogP) is 4.76. The molecule has 0 unspecified atom stereocenters. The van der Waals surface area contributed by atoms with Crippen molar-refractivity contribution in [3.8, 4) is 16.9 Å². The van der Waals surface area contributed by atoms with E-state index in [4.69, 9.17) is 20.6 Å². The Morgan fingerprint density at radius 1 is 1.13 bits per heavy atom. The maximum absolute atomic E-state index is 13.4. The third-order valence-electron chi connectivity index (χ3n) is 8.27. The van der Waals surface area contributed by atoms with E-state index in [-0.39, 0.29) is 37.6 Å². The number of nitrogens with zero attached hydrogens (tertiary/aromatic N) is 6. The van der Waals surface area contributed by atoms with Crippen LogP contribution in [-0.2, 0) is 17.8 Å². The average molecular weight is 622 g/mol. The van der Waals surface area contributed by atoms with Gasteiger partial charge in [0.2, 0.25) is 0 Å². The zero-order valence-electron chi connectivity index (χ0n) is 25.0. The number of halogens is 3. The van der Waals surface area contributed by atoms with Crippen molar-refractivity contribution >= 4 is 28.5 Å². The Kier molecular flexibility index (Phi) is 8.45. The Bertz CT molecular complexity index is 1730. The summed E-state index contributed by atoms with van der Waals surface area (Å²) >= 11 is 0. The lowest BCUT2D eigenvalue weighted by atomic mass is 9.92. The number of aromatic nitrogens is 4. The Labute approximate surface area is 258 Å². The molecule has 0 atom stereocenters. The van der Waals surface area contributed by atoms with Crippen molar-refractivity contribution in [2.45, 2.75) is 52.1 Å². The first-order valence-corrected chi connectivity index (χ1v) is 15.0. The standard InChI is InChI=1S/C32H34F3N7O3/c1-18(2)11-24-30(31(36)44)29(23-14-38-42(32(23)39-24)22-7-9-40(10-8-22)16-27(34)35)19-3-6-25-26(12-19)45-17-28(43)41(25)15-21-5-4-20(33)13-37-21/h3-6,12-14,18,22,27H,7-11,15-17H2,1-2H3,(H2,36,44). The van der Waals surface area contributed by atoms with Gasteiger partial charge < -0.3 is 10.5 Å². The fourth-order valence-corrected chi connectivity index (χ4v) is 6.21. The summed E-state index contributed by atoms with van der Waals surface area (Å²) < 4.78 is 47.0. The summed E-state index contributed by atoms with van der Waals surface area (Å²) in [5.41, 5.74) is 9.68. The zero-order valence-corrected chi connectivity index (χ0v) is 25.0. The van der Waals surface area contributed by atoms with Gasteiger partial charge in [-0.1, -0.05) is 19.9 Å². The van der Waals surface area contributed by atoms with Crippen LogP contribution in [0.1, 0.15) is 54.5 Å². The molecule has 1 aromatic carbocycles. The van der Waals surface area contributed by atoms with Crippen LogP contribution in [0.4, 0.5) is 18.9 Å². The number of anilines is 1. The van der Waals surface area contributed by atoms with Crippen molar-refractivity contribution in [3.05, 3.63) is 65.5 Å². The normalized spacial score (nSPS) is 16.1. The lowest BCUT2D eigenvalue weighted by Gasteiger charge is -2.32. The van der Waals surface area contributed by atoms with E-state index in [1.54, 1.807) is 29.3 Å². The third kappa shape index (κ3) is 6.21. The maximum atomic E-state index is 13.4. The second kappa shape index (κ2) is 12.5. The molecule has 45 heavy (non-hydrogen) atoms. The van der Waals surface area contributed by atoms with Crippen LogP contribution in [0.3, 0.4) is 0 Å². The van der Waals surface area contributed by atoms with Gasteiger partial charge in [-0.05, 0) is 55.0 Å². The number of alkyl halides is 2. The molecule has 2 aliphatic heterocycles. The van der Waals surface area contributed by atoms with Gasteiger partial charge in [0.25, 0.3) is 18.2 Å². The van der Waals surface area contributed by atoms with Gasteiger partial charge in [0.1, 0.15) is 11.6 Å². The summed E-state index contributed by atoms with van der Waals surface area (Å²) in [4.78, 5) is 38.2. The number of ether oxygens (including phenoxy) is 1. The van der Waals surface area contributed by atoms with E-state index in [9.17, 15) is 22.8 Å². The number of carbonyl (C=O) groups excluding carboxylic acids is 2. The van der Waals surface area contributed by atoms with Crippen LogP contribution in [0.15, 0.2) is 42.7 Å². The zero-order chi connectivity index (χ0) is 31.8. The van der Waals surface area contributed by atoms with Gasteiger partial charge in [0.15, 0.2) is 12.3 Å². The number of piperidine rings is 1. The number of likely N-dealkylation sites (tertiary alicyclic amines) is 1. The quantitative estimate of drug-likeness (QED) is 0.286. The first-order chi connectivity index (χ1) is 21.6. The minimum absolute atomic E-state index is 0.0467. The molecule has 1 saturated heterocycles. The van der Waals surface area contributed by atoms with Crippen LogP contribution in [0.5, 0.6) is 5.75 Å². The van der Waals surface area contributed by atoms with Crippen LogP contribution in [0.2, 0.25) is 0 Å². The number of primary amides is 1. The van der Waals surface area contributed by atoms with Crippen molar-refractivity contribution in [3.63, 3.8) is 0 Å². The Morgan fingerprint density at radius 2 is 1.91 bits per heavy atom. The maximum Gasteiger partial charge on any atom is 0.265 e. The third-order valence-corrected chi connectivity index (χ3v) is 8.27. The molecule has 0 saturated carbocycles. The fourth-order valence-electron chi connectivity index (χ4n) is 6.21. The lowest BCUT2D eigenvalue weighted by molar-refractivity contribution is -0.121. The van der Waals surface area contributed by atoms with Crippen molar-refractivity contribution < 1.29 is 27.5 Å². The molecule has 6 rings (SSSR count). The van der Waals surface area contributed by atoms with Crippen LogP contribution < -0.4 is 15.4 Å². The van der Waals surface area contributed by atoms with Crippen LogP contribution in [0, 0.1) is 11.7 Å². The van der Waals surface area contributed by atoms with Gasteiger partial charge in [0.05, 0.1) is 54.2 Å². The summed E-state index contributed by atoms with van der Waals surface area (Å²) in [6, 6.07) is 8.08. The van der Waals surface area contributed by atoms with E-state index in [1.165, 1.54) is 17.0 Å². The van der Waals surface area contributed by atoms with Gasteiger partial charge >= 0.3 is 0 Å². The monoisotopic (exact) mass is 621 g/mol. The molecule has 0 aliphatic carbocycles. The van der Waals surface area contributed by atoms with E-state index < -0.39 is 18.1 Å². The Hall–Kier alpha value is -4.52. The number of rotatable bonds is 9. The number of benzene rings is 1. The molecular formula is C32H34F3N7O3. The van der Waals surface area contributed by atoms with Crippen LogP contribution in [-0.4, -0.2) is 69.1 Å². The summed E-state index contributed by atoms with van der Waals surface area (Å²) in [5.74, 6) is -0.768. The van der Waals surface area contributed by atoms with Gasteiger partial charge in [0, 0.05) is 24.0 Å². The molecule has 0 bridgehead atoms. The first-order valence-electron chi connectivity index (χ1n) is 15.0. The Morgan fingerprint density at radius 3 is 2.58 bits per heavy atom. The predicted molar refractivity (Wildman–Crippen MR) is 162 cm³/mol. The first kappa shape index (κ1) is 30.5. The SMILES string of the molecule is CC(C)Cc1nc2c(cnn2C2CCN(CC(F)F)CC2)c(-c2ccc3c(c2)OCC(=O)N3Cc2ccc(F)cn2)c1C(N)=O. The molecule has 2 aliphatic rings. The van der Waals surface area contributed by atoms with Crippen molar-refractivity contribution in [1.82, 2.24) is 24.6 Å². The molecule has 10 nitrogen and oxygen atoms in total. The molecule has 1 fully saturated rings. The molecule has 3 aromatic heterocycles. The number of amides is 2. The van der Waals surface area contributed by atoms with Gasteiger partial charge in [-0.25, -0.2) is 22.8 Å². The average Bonchev–Trinajstić information content (AvgIpc) is 3.42. The minimum Gasteiger partial charge on any atom is -0.482 e. The number of carbonyl (C=O) groups is 2. The summed E-state index contributed by atoms with van der Waals surface area (Å²) in [7, 11) is 0. The van der Waals surface area contributed by atoms with E-state index in [1.807, 2.05) is 18.5 Å². The fraction of sp³-hybridized carbons (Fsp3) is 0.406. The molecule has 5 heterocycles. The molecule has 0 radical (unpaired) electrons. The topological polar surface area (TPSA) is 119 Å². The number of fused-ring (bicyclic) bond motifs is 2. The molecule has 0 spiro atoms. The highest BCUT2D eigenvalue weighted by Crippen LogP contribution is 2.41. The van der Waals surface area contributed by atoms with Crippen molar-refractivity contribution in [2.24, 2.45) is 11.7 Å². The van der Waals surface area contributed by atoms with Gasteiger partial charge in [-0.2, -0.15) is 5.10 Å². The number of hydrogen-bond acceptors (Lipinski definition) is 7. The summed E-state index contributed by atoms with van der Waals surface area (Å²) in [5, 5.41) is 5.32. The van der Waals surface area contributed by atoms with Crippen molar-refractivity contribution in [1.29, 1.82) is 0 Å². The second-order valence-corrected chi connectivity index (χ2v) is 11.9. The number of hydrogen-bond donors (Lipinski definition) is 1. The molecule has 2 N–H and O–H groups in total. The highest BCUT2D eigenvalue weighted by atomic mass is 19.3. The highest BCUT2D eigenvalue weighted by molar-refractivity contribution is 6.09. The largest absolute Gasteiger partial charge is 0.482 e.